The van der Waals surface area contributed by atoms with E-state index in [9.17, 15) is 4.79 Å². The third kappa shape index (κ3) is 3.69. The van der Waals surface area contributed by atoms with E-state index in [2.05, 4.69) is 9.97 Å². The van der Waals surface area contributed by atoms with Crippen LogP contribution in [0.15, 0.2) is 33.0 Å². The Kier molecular flexibility index (Phi) is 4.96. The number of nitrogen functional groups attached to an aromatic ring is 1. The molecule has 3 N–H and O–H groups in total. The van der Waals surface area contributed by atoms with Gasteiger partial charge in [-0.2, -0.15) is 0 Å². The molecule has 0 saturated carbocycles. The maximum atomic E-state index is 11.6. The normalized spacial score (nSPS) is 10.8. The summed E-state index contributed by atoms with van der Waals surface area (Å²) in [5.74, 6) is 0. The Hall–Kier alpha value is -1.17. The molecule has 0 amide bonds. The Labute approximate surface area is 130 Å². The van der Waals surface area contributed by atoms with Crippen LogP contribution >= 0.6 is 35.0 Å². The van der Waals surface area contributed by atoms with Gasteiger partial charge in [0.1, 0.15) is 0 Å². The molecule has 7 heteroatoms. The molecule has 0 fully saturated rings. The smallest absolute Gasteiger partial charge is 0.251 e. The zero-order valence-corrected chi connectivity index (χ0v) is 13.1. The number of benzene rings is 1. The molecular formula is C13H13Cl2N3OS. The van der Waals surface area contributed by atoms with Gasteiger partial charge < -0.3 is 10.7 Å². The minimum atomic E-state index is -0.186. The van der Waals surface area contributed by atoms with Crippen LogP contribution in [0, 0.1) is 0 Å². The summed E-state index contributed by atoms with van der Waals surface area (Å²) < 4.78 is 0. The van der Waals surface area contributed by atoms with E-state index in [1.165, 1.54) is 17.8 Å². The van der Waals surface area contributed by atoms with Crippen LogP contribution in [-0.4, -0.2) is 9.97 Å². The number of aryl methyl sites for hydroxylation is 1. The molecule has 0 atom stereocenters. The number of nitrogens with two attached hydrogens (primary N) is 1. The Bertz CT molecular complexity index is 665. The lowest BCUT2D eigenvalue weighted by Crippen LogP contribution is -2.09. The Balaban J connectivity index is 2.37. The van der Waals surface area contributed by atoms with E-state index < -0.39 is 0 Å². The number of rotatable bonds is 4. The third-order valence-electron chi connectivity index (χ3n) is 2.50. The predicted octanol–water partition coefficient (Wildman–Crippen LogP) is 3.76. The first-order valence-corrected chi connectivity index (χ1v) is 7.59. The zero-order valence-electron chi connectivity index (χ0n) is 10.7. The Morgan fingerprint density at radius 1 is 1.30 bits per heavy atom. The van der Waals surface area contributed by atoms with Crippen molar-refractivity contribution in [2.75, 3.05) is 5.73 Å². The summed E-state index contributed by atoms with van der Waals surface area (Å²) in [7, 11) is 0. The van der Waals surface area contributed by atoms with Crippen molar-refractivity contribution in [3.8, 4) is 0 Å². The fraction of sp³-hybridized carbons (Fsp3) is 0.231. The molecule has 0 bridgehead atoms. The van der Waals surface area contributed by atoms with E-state index in [1.807, 2.05) is 6.92 Å². The molecule has 0 unspecified atom stereocenters. The number of nitrogens with zero attached hydrogens (tertiary/aromatic N) is 1. The molecule has 106 valence electrons. The summed E-state index contributed by atoms with van der Waals surface area (Å²) in [4.78, 5) is 19.3. The number of halogens is 2. The number of H-pyrrole nitrogens is 1. The van der Waals surface area contributed by atoms with Crippen molar-refractivity contribution < 1.29 is 0 Å². The molecule has 2 rings (SSSR count). The minimum Gasteiger partial charge on any atom is -0.399 e. The molecule has 2 aromatic rings. The van der Waals surface area contributed by atoms with Crippen LogP contribution in [0.5, 0.6) is 0 Å². The summed E-state index contributed by atoms with van der Waals surface area (Å²) in [5.41, 5.74) is 6.71. The lowest BCUT2D eigenvalue weighted by Gasteiger charge is -2.08. The number of aromatic nitrogens is 2. The SMILES string of the molecule is CCCc1cc(=O)[nH]c(Sc2c(Cl)cc(N)cc2Cl)n1. The van der Waals surface area contributed by atoms with Gasteiger partial charge in [-0.1, -0.05) is 36.5 Å². The van der Waals surface area contributed by atoms with E-state index in [-0.39, 0.29) is 5.56 Å². The highest BCUT2D eigenvalue weighted by Gasteiger charge is 2.11. The van der Waals surface area contributed by atoms with E-state index in [4.69, 9.17) is 28.9 Å². The molecule has 0 aliphatic rings. The van der Waals surface area contributed by atoms with Crippen LogP contribution in [0.1, 0.15) is 19.0 Å². The second kappa shape index (κ2) is 6.52. The topological polar surface area (TPSA) is 71.8 Å². The lowest BCUT2D eigenvalue weighted by molar-refractivity contribution is 0.816. The molecule has 0 radical (unpaired) electrons. The van der Waals surface area contributed by atoms with Crippen molar-refractivity contribution in [2.45, 2.75) is 29.8 Å². The molecule has 4 nitrogen and oxygen atoms in total. The van der Waals surface area contributed by atoms with Crippen molar-refractivity contribution in [2.24, 2.45) is 0 Å². The van der Waals surface area contributed by atoms with Crippen molar-refractivity contribution >= 4 is 40.7 Å². The Morgan fingerprint density at radius 2 is 1.95 bits per heavy atom. The summed E-state index contributed by atoms with van der Waals surface area (Å²) in [6.07, 6.45) is 1.67. The molecule has 0 aliphatic carbocycles. The maximum Gasteiger partial charge on any atom is 0.251 e. The van der Waals surface area contributed by atoms with Crippen molar-refractivity contribution in [1.29, 1.82) is 0 Å². The highest BCUT2D eigenvalue weighted by molar-refractivity contribution is 7.99. The number of hydrogen-bond donors (Lipinski definition) is 2. The standard InChI is InChI=1S/C13H13Cl2N3OS/c1-2-3-8-6-11(19)18-13(17-8)20-12-9(14)4-7(16)5-10(12)15/h4-6H,2-3,16H2,1H3,(H,17,18,19). The van der Waals surface area contributed by atoms with E-state index in [0.717, 1.165) is 18.5 Å². The fourth-order valence-electron chi connectivity index (χ4n) is 1.69. The monoisotopic (exact) mass is 329 g/mol. The Morgan fingerprint density at radius 3 is 2.55 bits per heavy atom. The first kappa shape index (κ1) is 15.2. The van der Waals surface area contributed by atoms with Gasteiger partial charge in [0.25, 0.3) is 5.56 Å². The van der Waals surface area contributed by atoms with Gasteiger partial charge in [0, 0.05) is 17.4 Å². The van der Waals surface area contributed by atoms with Gasteiger partial charge in [-0.25, -0.2) is 4.98 Å². The molecule has 0 spiro atoms. The number of anilines is 1. The average molecular weight is 330 g/mol. The number of aromatic amines is 1. The molecular weight excluding hydrogens is 317 g/mol. The molecule has 0 saturated heterocycles. The van der Waals surface area contributed by atoms with E-state index in [1.54, 1.807) is 12.1 Å². The van der Waals surface area contributed by atoms with Gasteiger partial charge in [0.2, 0.25) is 0 Å². The minimum absolute atomic E-state index is 0.186. The third-order valence-corrected chi connectivity index (χ3v) is 4.35. The first-order valence-electron chi connectivity index (χ1n) is 6.02. The largest absolute Gasteiger partial charge is 0.399 e. The van der Waals surface area contributed by atoms with Gasteiger partial charge in [-0.3, -0.25) is 4.79 Å². The second-order valence-corrected chi connectivity index (χ2v) is 6.02. The lowest BCUT2D eigenvalue weighted by atomic mass is 10.2. The molecule has 0 aliphatic heterocycles. The van der Waals surface area contributed by atoms with E-state index in [0.29, 0.717) is 25.8 Å². The van der Waals surface area contributed by atoms with Gasteiger partial charge in [0.15, 0.2) is 5.16 Å². The maximum absolute atomic E-state index is 11.6. The van der Waals surface area contributed by atoms with Crippen LogP contribution in [-0.2, 0) is 6.42 Å². The molecule has 1 aromatic carbocycles. The van der Waals surface area contributed by atoms with Gasteiger partial charge in [0.05, 0.1) is 14.9 Å². The average Bonchev–Trinajstić information content (AvgIpc) is 2.33. The highest BCUT2D eigenvalue weighted by atomic mass is 35.5. The van der Waals surface area contributed by atoms with Crippen molar-refractivity contribution in [3.05, 3.63) is 44.3 Å². The highest BCUT2D eigenvalue weighted by Crippen LogP contribution is 2.38. The summed E-state index contributed by atoms with van der Waals surface area (Å²) in [6.45, 7) is 2.03. The second-order valence-electron chi connectivity index (χ2n) is 4.21. The summed E-state index contributed by atoms with van der Waals surface area (Å²) >= 11 is 13.5. The van der Waals surface area contributed by atoms with Crippen LogP contribution in [0.2, 0.25) is 10.0 Å². The molecule has 20 heavy (non-hydrogen) atoms. The van der Waals surface area contributed by atoms with E-state index >= 15 is 0 Å². The van der Waals surface area contributed by atoms with Crippen molar-refractivity contribution in [3.63, 3.8) is 0 Å². The number of hydrogen-bond acceptors (Lipinski definition) is 4. The van der Waals surface area contributed by atoms with Crippen LogP contribution in [0.4, 0.5) is 5.69 Å². The summed E-state index contributed by atoms with van der Waals surface area (Å²) in [6, 6.07) is 4.73. The molecule has 1 aromatic heterocycles. The van der Waals surface area contributed by atoms with Gasteiger partial charge in [-0.15, -0.1) is 0 Å². The summed E-state index contributed by atoms with van der Waals surface area (Å²) in [5, 5.41) is 1.33. The van der Waals surface area contributed by atoms with Crippen LogP contribution in [0.3, 0.4) is 0 Å². The number of nitrogens with one attached hydrogen (secondary N) is 1. The predicted molar refractivity (Wildman–Crippen MR) is 83.9 cm³/mol. The zero-order chi connectivity index (χ0) is 14.7. The van der Waals surface area contributed by atoms with Crippen LogP contribution < -0.4 is 11.3 Å². The van der Waals surface area contributed by atoms with Crippen LogP contribution in [0.25, 0.3) is 0 Å². The first-order chi connectivity index (χ1) is 9.49. The van der Waals surface area contributed by atoms with Gasteiger partial charge >= 0.3 is 0 Å². The fourth-order valence-corrected chi connectivity index (χ4v) is 3.25. The van der Waals surface area contributed by atoms with Gasteiger partial charge in [-0.05, 0) is 30.3 Å². The molecule has 1 heterocycles. The van der Waals surface area contributed by atoms with Crippen molar-refractivity contribution in [1.82, 2.24) is 9.97 Å². The quantitative estimate of drug-likeness (QED) is 0.661.